The van der Waals surface area contributed by atoms with Gasteiger partial charge >= 0.3 is 0 Å². The molecule has 0 bridgehead atoms. The first-order valence-electron chi connectivity index (χ1n) is 8.02. The van der Waals surface area contributed by atoms with Gasteiger partial charge in [0.25, 0.3) is 11.8 Å². The van der Waals surface area contributed by atoms with Gasteiger partial charge in [-0.05, 0) is 18.2 Å². The minimum absolute atomic E-state index is 0.00501. The van der Waals surface area contributed by atoms with E-state index in [1.54, 1.807) is 13.1 Å². The Bertz CT molecular complexity index is 845. The third kappa shape index (κ3) is 5.78. The fraction of sp³-hybridized carbons (Fsp3) is 0.222. The van der Waals surface area contributed by atoms with Gasteiger partial charge in [-0.25, -0.2) is 17.6 Å². The molecule has 27 heavy (non-hydrogen) atoms. The SMILES string of the molecule is C[NH+](CC(=O)NCc1ccccc1F)CC(=O)Nc1ccc(F)c(F)c1F. The number of halogens is 4. The van der Waals surface area contributed by atoms with Crippen LogP contribution in [0.4, 0.5) is 23.2 Å². The Hall–Kier alpha value is -2.94. The first-order chi connectivity index (χ1) is 12.8. The zero-order chi connectivity index (χ0) is 20.0. The molecule has 1 unspecified atom stereocenters. The average Bonchev–Trinajstić information content (AvgIpc) is 2.61. The van der Waals surface area contributed by atoms with Crippen LogP contribution in [0.25, 0.3) is 0 Å². The quantitative estimate of drug-likeness (QED) is 0.493. The molecule has 1 atom stereocenters. The highest BCUT2D eigenvalue weighted by Crippen LogP contribution is 2.19. The Morgan fingerprint density at radius 1 is 0.889 bits per heavy atom. The lowest BCUT2D eigenvalue weighted by Gasteiger charge is -2.14. The summed E-state index contributed by atoms with van der Waals surface area (Å²) in [6.45, 7) is -0.307. The first-order valence-corrected chi connectivity index (χ1v) is 8.02. The van der Waals surface area contributed by atoms with Crippen LogP contribution in [0.3, 0.4) is 0 Å². The number of benzene rings is 2. The zero-order valence-electron chi connectivity index (χ0n) is 14.4. The molecule has 2 aromatic rings. The summed E-state index contributed by atoms with van der Waals surface area (Å²) >= 11 is 0. The van der Waals surface area contributed by atoms with Crippen molar-refractivity contribution in [1.29, 1.82) is 0 Å². The monoisotopic (exact) mass is 384 g/mol. The number of carbonyl (C=O) groups is 2. The van der Waals surface area contributed by atoms with E-state index in [1.807, 2.05) is 0 Å². The van der Waals surface area contributed by atoms with E-state index >= 15 is 0 Å². The third-order valence-electron chi connectivity index (χ3n) is 3.67. The molecule has 0 saturated heterocycles. The average molecular weight is 384 g/mol. The number of hydrogen-bond donors (Lipinski definition) is 3. The minimum atomic E-state index is -1.68. The van der Waals surface area contributed by atoms with Crippen LogP contribution in [0.2, 0.25) is 0 Å². The second kappa shape index (κ2) is 9.13. The molecule has 0 saturated carbocycles. The van der Waals surface area contributed by atoms with Crippen LogP contribution in [0.15, 0.2) is 36.4 Å². The van der Waals surface area contributed by atoms with Gasteiger partial charge in [-0.1, -0.05) is 18.2 Å². The van der Waals surface area contributed by atoms with Gasteiger partial charge in [-0.2, -0.15) is 0 Å². The molecule has 0 fully saturated rings. The molecule has 2 amide bonds. The van der Waals surface area contributed by atoms with E-state index in [-0.39, 0.29) is 19.6 Å². The molecule has 144 valence electrons. The van der Waals surface area contributed by atoms with E-state index in [9.17, 15) is 27.2 Å². The summed E-state index contributed by atoms with van der Waals surface area (Å²) in [7, 11) is 1.55. The fourth-order valence-corrected chi connectivity index (χ4v) is 2.33. The number of rotatable bonds is 7. The standard InChI is InChI=1S/C18H17F4N3O2/c1-25(9-15(26)23-8-11-4-2-3-5-12(11)19)10-16(27)24-14-7-6-13(20)17(21)18(14)22/h2-7H,8-10H2,1H3,(H,23,26)(H,24,27)/p+1. The molecular formula is C18H18F4N3O2+. The number of carbonyl (C=O) groups excluding carboxylic acids is 2. The Morgan fingerprint density at radius 3 is 2.26 bits per heavy atom. The predicted molar refractivity (Wildman–Crippen MR) is 89.8 cm³/mol. The van der Waals surface area contributed by atoms with E-state index < -0.39 is 40.8 Å². The smallest absolute Gasteiger partial charge is 0.279 e. The fourth-order valence-electron chi connectivity index (χ4n) is 2.33. The molecule has 0 radical (unpaired) electrons. The molecule has 2 aromatic carbocycles. The van der Waals surface area contributed by atoms with Crippen molar-refractivity contribution >= 4 is 17.5 Å². The third-order valence-corrected chi connectivity index (χ3v) is 3.67. The number of likely N-dealkylation sites (N-methyl/N-ethyl adjacent to an activating group) is 1. The molecule has 0 aliphatic heterocycles. The highest BCUT2D eigenvalue weighted by Gasteiger charge is 2.18. The number of anilines is 1. The van der Waals surface area contributed by atoms with Crippen molar-refractivity contribution in [3.8, 4) is 0 Å². The van der Waals surface area contributed by atoms with Gasteiger partial charge in [0.15, 0.2) is 30.5 Å². The molecule has 0 heterocycles. The Balaban J connectivity index is 1.81. The van der Waals surface area contributed by atoms with Gasteiger partial charge in [0, 0.05) is 12.1 Å². The Labute approximate surface area is 153 Å². The molecule has 0 aromatic heterocycles. The van der Waals surface area contributed by atoms with Crippen LogP contribution >= 0.6 is 0 Å². The van der Waals surface area contributed by atoms with Crippen molar-refractivity contribution in [2.24, 2.45) is 0 Å². The van der Waals surface area contributed by atoms with Gasteiger partial charge in [0.2, 0.25) is 0 Å². The molecule has 2 rings (SSSR count). The van der Waals surface area contributed by atoms with Crippen molar-refractivity contribution in [2.45, 2.75) is 6.54 Å². The molecule has 3 N–H and O–H groups in total. The minimum Gasteiger partial charge on any atom is -0.347 e. The van der Waals surface area contributed by atoms with Crippen molar-refractivity contribution in [3.05, 3.63) is 65.2 Å². The topological polar surface area (TPSA) is 62.6 Å². The molecule has 0 aliphatic carbocycles. The first kappa shape index (κ1) is 20.4. The lowest BCUT2D eigenvalue weighted by molar-refractivity contribution is -0.862. The maximum absolute atomic E-state index is 13.5. The second-order valence-corrected chi connectivity index (χ2v) is 5.95. The highest BCUT2D eigenvalue weighted by atomic mass is 19.2. The lowest BCUT2D eigenvalue weighted by atomic mass is 10.2. The number of amides is 2. The zero-order valence-corrected chi connectivity index (χ0v) is 14.4. The van der Waals surface area contributed by atoms with Crippen molar-refractivity contribution in [1.82, 2.24) is 5.32 Å². The van der Waals surface area contributed by atoms with Crippen molar-refractivity contribution in [3.63, 3.8) is 0 Å². The predicted octanol–water partition coefficient (Wildman–Crippen LogP) is 1.01. The van der Waals surface area contributed by atoms with E-state index in [2.05, 4.69) is 10.6 Å². The lowest BCUT2D eigenvalue weighted by Crippen LogP contribution is -3.11. The van der Waals surface area contributed by atoms with Crippen LogP contribution in [0, 0.1) is 23.3 Å². The van der Waals surface area contributed by atoms with Gasteiger partial charge in [-0.3, -0.25) is 9.59 Å². The maximum Gasteiger partial charge on any atom is 0.279 e. The summed E-state index contributed by atoms with van der Waals surface area (Å²) in [5, 5.41) is 4.66. The molecule has 9 heteroatoms. The van der Waals surface area contributed by atoms with E-state index in [1.165, 1.54) is 18.2 Å². The summed E-state index contributed by atoms with van der Waals surface area (Å²) in [4.78, 5) is 24.2. The van der Waals surface area contributed by atoms with E-state index in [0.717, 1.165) is 6.07 Å². The number of nitrogens with one attached hydrogen (secondary N) is 3. The normalized spacial score (nSPS) is 11.7. The van der Waals surface area contributed by atoms with E-state index in [0.29, 0.717) is 16.5 Å². The summed E-state index contributed by atoms with van der Waals surface area (Å²) in [6.07, 6.45) is 0. The van der Waals surface area contributed by atoms with Crippen LogP contribution in [-0.2, 0) is 16.1 Å². The summed E-state index contributed by atoms with van der Waals surface area (Å²) in [5.74, 6) is -6.07. The largest absolute Gasteiger partial charge is 0.347 e. The molecule has 5 nitrogen and oxygen atoms in total. The molecule has 0 spiro atoms. The van der Waals surface area contributed by atoms with E-state index in [4.69, 9.17) is 0 Å². The molecular weight excluding hydrogens is 366 g/mol. The number of hydrogen-bond acceptors (Lipinski definition) is 2. The summed E-state index contributed by atoms with van der Waals surface area (Å²) in [6, 6.07) is 7.59. The van der Waals surface area contributed by atoms with Gasteiger partial charge in [-0.15, -0.1) is 0 Å². The van der Waals surface area contributed by atoms with Crippen LogP contribution in [0.1, 0.15) is 5.56 Å². The van der Waals surface area contributed by atoms with Gasteiger partial charge < -0.3 is 15.5 Å². The van der Waals surface area contributed by atoms with Crippen molar-refractivity contribution < 1.29 is 32.1 Å². The number of quaternary nitrogens is 1. The maximum atomic E-state index is 13.5. The van der Waals surface area contributed by atoms with Gasteiger partial charge in [0.05, 0.1) is 12.7 Å². The molecule has 0 aliphatic rings. The Kier molecular flexibility index (Phi) is 6.89. The summed E-state index contributed by atoms with van der Waals surface area (Å²) < 4.78 is 53.0. The van der Waals surface area contributed by atoms with Crippen LogP contribution < -0.4 is 15.5 Å². The summed E-state index contributed by atoms with van der Waals surface area (Å²) in [5.41, 5.74) is -0.161. The van der Waals surface area contributed by atoms with Crippen molar-refractivity contribution in [2.75, 3.05) is 25.5 Å². The van der Waals surface area contributed by atoms with Crippen LogP contribution in [-0.4, -0.2) is 32.0 Å². The highest BCUT2D eigenvalue weighted by molar-refractivity contribution is 5.91. The van der Waals surface area contributed by atoms with Gasteiger partial charge in [0.1, 0.15) is 5.82 Å². The Morgan fingerprint density at radius 2 is 1.56 bits per heavy atom. The van der Waals surface area contributed by atoms with Crippen LogP contribution in [0.5, 0.6) is 0 Å². The second-order valence-electron chi connectivity index (χ2n) is 5.95.